The number of rotatable bonds is 6. The quantitative estimate of drug-likeness (QED) is 0.639. The lowest BCUT2D eigenvalue weighted by Crippen LogP contribution is -2.15. The topological polar surface area (TPSA) is 43.3 Å². The van der Waals surface area contributed by atoms with Crippen molar-refractivity contribution in [3.8, 4) is 0 Å². The number of hydrogen-bond donors (Lipinski definition) is 1. The summed E-state index contributed by atoms with van der Waals surface area (Å²) in [5.74, 6) is -0.0107. The highest BCUT2D eigenvalue weighted by atomic mass is 16.5. The number of nitrogens with zero attached hydrogens (tertiary/aromatic N) is 1. The van der Waals surface area contributed by atoms with Gasteiger partial charge in [0, 0.05) is 40.1 Å². The standard InChI is InChI=1S/C21H26N2O2/c1-5-25-13-12-20(24)22-17-10-11-19-21(15(17)4)16-8-6-7-9-18(16)23(19)14(2)3/h6-11,14H,5,12-13H2,1-4H3,(H,22,24). The normalized spacial score (nSPS) is 11.6. The molecule has 0 fully saturated rings. The summed E-state index contributed by atoms with van der Waals surface area (Å²) in [5.41, 5.74) is 4.43. The van der Waals surface area contributed by atoms with Gasteiger partial charge in [0.05, 0.1) is 13.0 Å². The first-order valence-electron chi connectivity index (χ1n) is 8.94. The van der Waals surface area contributed by atoms with Gasteiger partial charge in [0.1, 0.15) is 0 Å². The molecule has 132 valence electrons. The van der Waals surface area contributed by atoms with E-state index >= 15 is 0 Å². The molecule has 1 amide bonds. The van der Waals surface area contributed by atoms with Crippen LogP contribution in [0.3, 0.4) is 0 Å². The van der Waals surface area contributed by atoms with Crippen LogP contribution < -0.4 is 5.32 Å². The minimum absolute atomic E-state index is 0.0107. The van der Waals surface area contributed by atoms with Crippen LogP contribution in [0.4, 0.5) is 5.69 Å². The fourth-order valence-corrected chi connectivity index (χ4v) is 3.48. The molecule has 0 radical (unpaired) electrons. The molecule has 4 heteroatoms. The minimum Gasteiger partial charge on any atom is -0.381 e. The van der Waals surface area contributed by atoms with E-state index in [1.165, 1.54) is 21.8 Å². The van der Waals surface area contributed by atoms with Crippen molar-refractivity contribution in [1.82, 2.24) is 4.57 Å². The van der Waals surface area contributed by atoms with Crippen LogP contribution >= 0.6 is 0 Å². The lowest BCUT2D eigenvalue weighted by atomic mass is 10.1. The minimum atomic E-state index is -0.0107. The van der Waals surface area contributed by atoms with Crippen molar-refractivity contribution in [2.24, 2.45) is 0 Å². The summed E-state index contributed by atoms with van der Waals surface area (Å²) in [6, 6.07) is 13.0. The fourth-order valence-electron chi connectivity index (χ4n) is 3.48. The summed E-state index contributed by atoms with van der Waals surface area (Å²) in [7, 11) is 0. The van der Waals surface area contributed by atoms with Crippen LogP contribution in [0.15, 0.2) is 36.4 Å². The first-order valence-corrected chi connectivity index (χ1v) is 8.94. The summed E-state index contributed by atoms with van der Waals surface area (Å²) in [6.07, 6.45) is 0.374. The first kappa shape index (κ1) is 17.5. The summed E-state index contributed by atoms with van der Waals surface area (Å²) in [4.78, 5) is 12.2. The number of hydrogen-bond acceptors (Lipinski definition) is 2. The van der Waals surface area contributed by atoms with Gasteiger partial charge in [-0.1, -0.05) is 18.2 Å². The predicted octanol–water partition coefficient (Wildman–Crippen LogP) is 5.05. The molecule has 0 aliphatic heterocycles. The van der Waals surface area contributed by atoms with E-state index in [4.69, 9.17) is 4.74 Å². The average Bonchev–Trinajstić information content (AvgIpc) is 2.92. The van der Waals surface area contributed by atoms with Crippen LogP contribution in [0, 0.1) is 6.92 Å². The van der Waals surface area contributed by atoms with Crippen molar-refractivity contribution in [2.75, 3.05) is 18.5 Å². The molecule has 1 N–H and O–H groups in total. The molecule has 0 saturated heterocycles. The number of carbonyl (C=O) groups excluding carboxylic acids is 1. The van der Waals surface area contributed by atoms with Crippen LogP contribution in [-0.2, 0) is 9.53 Å². The summed E-state index contributed by atoms with van der Waals surface area (Å²) in [6.45, 7) is 9.50. The number of aromatic nitrogens is 1. The van der Waals surface area contributed by atoms with Crippen molar-refractivity contribution in [2.45, 2.75) is 40.2 Å². The van der Waals surface area contributed by atoms with Crippen LogP contribution in [0.25, 0.3) is 21.8 Å². The first-order chi connectivity index (χ1) is 12.0. The second-order valence-electron chi connectivity index (χ2n) is 6.61. The Balaban J connectivity index is 2.05. The maximum atomic E-state index is 12.2. The van der Waals surface area contributed by atoms with Gasteiger partial charge in [0.2, 0.25) is 5.91 Å². The Morgan fingerprint density at radius 1 is 1.16 bits per heavy atom. The second-order valence-corrected chi connectivity index (χ2v) is 6.61. The highest BCUT2D eigenvalue weighted by molar-refractivity contribution is 6.12. The number of amides is 1. The van der Waals surface area contributed by atoms with E-state index in [9.17, 15) is 4.79 Å². The lowest BCUT2D eigenvalue weighted by molar-refractivity contribution is -0.117. The Kier molecular flexibility index (Phi) is 5.09. The molecule has 3 rings (SSSR count). The molecule has 0 saturated carbocycles. The van der Waals surface area contributed by atoms with Gasteiger partial charge in [-0.3, -0.25) is 4.79 Å². The number of aryl methyl sites for hydroxylation is 1. The summed E-state index contributed by atoms with van der Waals surface area (Å²) >= 11 is 0. The SMILES string of the molecule is CCOCCC(=O)Nc1ccc2c(c1C)c1ccccc1n2C(C)C. The van der Waals surface area contributed by atoms with Gasteiger partial charge in [-0.25, -0.2) is 0 Å². The molecule has 1 aromatic heterocycles. The van der Waals surface area contributed by atoms with Gasteiger partial charge in [-0.2, -0.15) is 0 Å². The highest BCUT2D eigenvalue weighted by Crippen LogP contribution is 2.36. The van der Waals surface area contributed by atoms with E-state index in [0.29, 0.717) is 25.7 Å². The van der Waals surface area contributed by atoms with Gasteiger partial charge in [-0.05, 0) is 51.5 Å². The van der Waals surface area contributed by atoms with E-state index in [1.54, 1.807) is 0 Å². The molecule has 0 atom stereocenters. The number of benzene rings is 2. The van der Waals surface area contributed by atoms with Crippen molar-refractivity contribution in [1.29, 1.82) is 0 Å². The molecule has 0 spiro atoms. The fraction of sp³-hybridized carbons (Fsp3) is 0.381. The Hall–Kier alpha value is -2.33. The third-order valence-corrected chi connectivity index (χ3v) is 4.60. The maximum absolute atomic E-state index is 12.2. The molecule has 0 unspecified atom stereocenters. The number of fused-ring (bicyclic) bond motifs is 3. The molecule has 4 nitrogen and oxygen atoms in total. The van der Waals surface area contributed by atoms with E-state index in [2.05, 4.69) is 61.0 Å². The third kappa shape index (κ3) is 3.27. The Bertz CT molecular complexity index is 909. The largest absolute Gasteiger partial charge is 0.381 e. The number of nitrogens with one attached hydrogen (secondary N) is 1. The number of para-hydroxylation sites is 1. The van der Waals surface area contributed by atoms with Crippen LogP contribution in [0.1, 0.15) is 38.8 Å². The monoisotopic (exact) mass is 338 g/mol. The molecule has 25 heavy (non-hydrogen) atoms. The number of carbonyl (C=O) groups is 1. The average molecular weight is 338 g/mol. The zero-order valence-electron chi connectivity index (χ0n) is 15.4. The smallest absolute Gasteiger partial charge is 0.226 e. The molecule has 3 aromatic rings. The number of anilines is 1. The zero-order chi connectivity index (χ0) is 18.0. The van der Waals surface area contributed by atoms with Gasteiger partial charge in [-0.15, -0.1) is 0 Å². The highest BCUT2D eigenvalue weighted by Gasteiger charge is 2.16. The number of ether oxygens (including phenoxy) is 1. The van der Waals surface area contributed by atoms with Gasteiger partial charge in [0.15, 0.2) is 0 Å². The maximum Gasteiger partial charge on any atom is 0.226 e. The van der Waals surface area contributed by atoms with Crippen LogP contribution in [0.5, 0.6) is 0 Å². The van der Waals surface area contributed by atoms with E-state index in [0.717, 1.165) is 11.3 Å². The van der Waals surface area contributed by atoms with Gasteiger partial charge < -0.3 is 14.6 Å². The Morgan fingerprint density at radius 2 is 1.92 bits per heavy atom. The molecule has 0 bridgehead atoms. The van der Waals surface area contributed by atoms with Crippen molar-refractivity contribution in [3.63, 3.8) is 0 Å². The molecular weight excluding hydrogens is 312 g/mol. The molecule has 0 aliphatic rings. The van der Waals surface area contributed by atoms with Gasteiger partial charge in [0.25, 0.3) is 0 Å². The summed E-state index contributed by atoms with van der Waals surface area (Å²) < 4.78 is 7.62. The lowest BCUT2D eigenvalue weighted by Gasteiger charge is -2.13. The van der Waals surface area contributed by atoms with E-state index in [-0.39, 0.29) is 5.91 Å². The second kappa shape index (κ2) is 7.28. The zero-order valence-corrected chi connectivity index (χ0v) is 15.4. The van der Waals surface area contributed by atoms with E-state index in [1.807, 2.05) is 13.0 Å². The Labute approximate surface area is 148 Å². The Morgan fingerprint density at radius 3 is 2.64 bits per heavy atom. The van der Waals surface area contributed by atoms with Crippen LogP contribution in [0.2, 0.25) is 0 Å². The van der Waals surface area contributed by atoms with E-state index < -0.39 is 0 Å². The third-order valence-electron chi connectivity index (χ3n) is 4.60. The van der Waals surface area contributed by atoms with Gasteiger partial charge >= 0.3 is 0 Å². The molecule has 0 aliphatic carbocycles. The van der Waals surface area contributed by atoms with Crippen LogP contribution in [-0.4, -0.2) is 23.7 Å². The van der Waals surface area contributed by atoms with Crippen molar-refractivity contribution in [3.05, 3.63) is 42.0 Å². The van der Waals surface area contributed by atoms with Crippen molar-refractivity contribution < 1.29 is 9.53 Å². The molecule has 2 aromatic carbocycles. The summed E-state index contributed by atoms with van der Waals surface area (Å²) in [5, 5.41) is 5.48. The predicted molar refractivity (Wildman–Crippen MR) is 104 cm³/mol. The molecular formula is C21H26N2O2. The van der Waals surface area contributed by atoms with Crippen molar-refractivity contribution >= 4 is 33.4 Å². The molecule has 1 heterocycles.